The molecule has 40 heavy (non-hydrogen) atoms. The van der Waals surface area contributed by atoms with E-state index in [-0.39, 0.29) is 48.3 Å². The van der Waals surface area contributed by atoms with Crippen molar-refractivity contribution >= 4 is 43.7 Å². The highest BCUT2D eigenvalue weighted by molar-refractivity contribution is 9.10. The first kappa shape index (κ1) is 29.5. The molecule has 0 saturated carbocycles. The van der Waals surface area contributed by atoms with Gasteiger partial charge in [0.25, 0.3) is 15.9 Å². The largest absolute Gasteiger partial charge is 0.352 e. The van der Waals surface area contributed by atoms with Crippen molar-refractivity contribution in [1.29, 1.82) is 0 Å². The average Bonchev–Trinajstić information content (AvgIpc) is 3.14. The summed E-state index contributed by atoms with van der Waals surface area (Å²) >= 11 is 3.47. The minimum atomic E-state index is -4.06. The first-order valence-corrected chi connectivity index (χ1v) is 15.4. The van der Waals surface area contributed by atoms with Crippen LogP contribution in [0.1, 0.15) is 48.2 Å². The molecule has 4 rings (SSSR count). The Hall–Kier alpha value is -3.50. The quantitative estimate of drug-likeness (QED) is 0.337. The molecule has 0 saturated heterocycles. The lowest BCUT2D eigenvalue weighted by Crippen LogP contribution is -2.52. The minimum absolute atomic E-state index is 0.0617. The van der Waals surface area contributed by atoms with Gasteiger partial charge in [0.2, 0.25) is 11.8 Å². The summed E-state index contributed by atoms with van der Waals surface area (Å²) < 4.78 is 27.7. The molecule has 3 aromatic carbocycles. The Bertz CT molecular complexity index is 1500. The van der Waals surface area contributed by atoms with Crippen molar-refractivity contribution in [2.24, 2.45) is 0 Å². The first-order chi connectivity index (χ1) is 19.1. The highest BCUT2D eigenvalue weighted by atomic mass is 79.9. The number of amides is 3. The summed E-state index contributed by atoms with van der Waals surface area (Å²) in [5.74, 6) is -1.38. The fourth-order valence-electron chi connectivity index (χ4n) is 4.62. The molecule has 1 heterocycles. The summed E-state index contributed by atoms with van der Waals surface area (Å²) in [6.07, 6.45) is 0.725. The number of fused-ring (bicyclic) bond motifs is 1. The first-order valence-electron chi connectivity index (χ1n) is 13.2. The molecular weight excluding hydrogens is 594 g/mol. The van der Waals surface area contributed by atoms with Gasteiger partial charge in [0.05, 0.1) is 5.56 Å². The second-order valence-electron chi connectivity index (χ2n) is 9.80. The van der Waals surface area contributed by atoms with E-state index in [1.807, 2.05) is 68.4 Å². The van der Waals surface area contributed by atoms with Gasteiger partial charge in [0.15, 0.2) is 0 Å². The van der Waals surface area contributed by atoms with Crippen LogP contribution >= 0.6 is 15.9 Å². The lowest BCUT2D eigenvalue weighted by Gasteiger charge is -2.33. The third kappa shape index (κ3) is 6.62. The highest BCUT2D eigenvalue weighted by Crippen LogP contribution is 2.30. The van der Waals surface area contributed by atoms with Gasteiger partial charge in [0, 0.05) is 36.4 Å². The molecule has 210 valence electrons. The molecule has 1 aliphatic rings. The second kappa shape index (κ2) is 12.8. The number of nitrogens with one attached hydrogen (secondary N) is 1. The molecule has 0 spiro atoms. The number of carbonyl (C=O) groups is 3. The van der Waals surface area contributed by atoms with Crippen molar-refractivity contribution in [2.75, 3.05) is 6.54 Å². The summed E-state index contributed by atoms with van der Waals surface area (Å²) in [6, 6.07) is 21.9. The smallest absolute Gasteiger partial charge is 0.269 e. The zero-order valence-electron chi connectivity index (χ0n) is 22.4. The Kier molecular flexibility index (Phi) is 9.42. The van der Waals surface area contributed by atoms with Crippen LogP contribution in [0.2, 0.25) is 0 Å². The second-order valence-corrected chi connectivity index (χ2v) is 12.5. The Morgan fingerprint density at radius 3 is 2.33 bits per heavy atom. The normalized spacial score (nSPS) is 15.3. The van der Waals surface area contributed by atoms with E-state index in [0.717, 1.165) is 26.3 Å². The van der Waals surface area contributed by atoms with Crippen LogP contribution in [0.15, 0.2) is 88.2 Å². The Morgan fingerprint density at radius 1 is 0.975 bits per heavy atom. The van der Waals surface area contributed by atoms with E-state index in [0.29, 0.717) is 0 Å². The maximum Gasteiger partial charge on any atom is 0.269 e. The maximum atomic E-state index is 13.9. The maximum absolute atomic E-state index is 13.9. The third-order valence-corrected chi connectivity index (χ3v) is 9.29. The van der Waals surface area contributed by atoms with E-state index in [1.54, 1.807) is 12.1 Å². The summed E-state index contributed by atoms with van der Waals surface area (Å²) in [5, 5.41) is 3.01. The summed E-state index contributed by atoms with van der Waals surface area (Å²) in [6.45, 7) is 3.67. The molecule has 0 radical (unpaired) electrons. The number of nitrogens with zero attached hydrogens (tertiary/aromatic N) is 2. The van der Waals surface area contributed by atoms with Crippen molar-refractivity contribution in [3.05, 3.63) is 100 Å². The van der Waals surface area contributed by atoms with Crippen molar-refractivity contribution in [2.45, 2.75) is 56.6 Å². The fraction of sp³-hybridized carbons (Fsp3) is 0.300. The molecule has 3 aromatic rings. The molecule has 0 aliphatic carbocycles. The van der Waals surface area contributed by atoms with Crippen LogP contribution in [0, 0.1) is 0 Å². The van der Waals surface area contributed by atoms with E-state index in [2.05, 4.69) is 21.2 Å². The number of hydrogen-bond donors (Lipinski definition) is 1. The van der Waals surface area contributed by atoms with Crippen LogP contribution in [-0.4, -0.2) is 54.0 Å². The van der Waals surface area contributed by atoms with Crippen LogP contribution in [0.5, 0.6) is 0 Å². The van der Waals surface area contributed by atoms with Gasteiger partial charge >= 0.3 is 0 Å². The van der Waals surface area contributed by atoms with Crippen LogP contribution in [0.4, 0.5) is 0 Å². The Morgan fingerprint density at radius 2 is 1.65 bits per heavy atom. The molecule has 0 bridgehead atoms. The van der Waals surface area contributed by atoms with E-state index in [1.165, 1.54) is 17.0 Å². The molecule has 1 N–H and O–H groups in total. The zero-order chi connectivity index (χ0) is 28.9. The van der Waals surface area contributed by atoms with E-state index >= 15 is 0 Å². The summed E-state index contributed by atoms with van der Waals surface area (Å²) in [5.41, 5.74) is 1.77. The molecule has 1 aliphatic heterocycles. The van der Waals surface area contributed by atoms with E-state index in [9.17, 15) is 22.8 Å². The zero-order valence-corrected chi connectivity index (χ0v) is 24.8. The highest BCUT2D eigenvalue weighted by Gasteiger charge is 2.41. The molecule has 3 amide bonds. The SMILES string of the molecule is CC[C@@H](C)NC(=O)[C@H](Cc1ccccc1)N(Cc1cccc(Br)c1)C(=O)CCN1C(=O)c2ccccc2S1(=O)=O. The molecular formula is C30H32BrN3O5S. The monoisotopic (exact) mass is 625 g/mol. The van der Waals surface area contributed by atoms with Gasteiger partial charge in [-0.2, -0.15) is 0 Å². The number of carbonyl (C=O) groups excluding carboxylic acids is 3. The van der Waals surface area contributed by atoms with Crippen LogP contribution < -0.4 is 5.32 Å². The van der Waals surface area contributed by atoms with Crippen molar-refractivity contribution in [3.8, 4) is 0 Å². The molecule has 0 aromatic heterocycles. The van der Waals surface area contributed by atoms with Crippen molar-refractivity contribution < 1.29 is 22.8 Å². The topological polar surface area (TPSA) is 104 Å². The van der Waals surface area contributed by atoms with Gasteiger partial charge < -0.3 is 10.2 Å². The fourth-order valence-corrected chi connectivity index (χ4v) is 6.64. The van der Waals surface area contributed by atoms with E-state index in [4.69, 9.17) is 0 Å². The molecule has 8 nitrogen and oxygen atoms in total. The lowest BCUT2D eigenvalue weighted by atomic mass is 10.0. The number of sulfonamides is 1. The van der Waals surface area contributed by atoms with Crippen LogP contribution in [0.3, 0.4) is 0 Å². The standard InChI is InChI=1S/C30H32BrN3O5S/c1-3-21(2)32-29(36)26(19-22-10-5-4-6-11-22)33(20-23-12-9-13-24(31)18-23)28(35)16-17-34-30(37)25-14-7-8-15-27(25)40(34,38)39/h4-15,18,21,26H,3,16-17,19-20H2,1-2H3,(H,32,36)/t21-,26+/m1/s1. The van der Waals surface area contributed by atoms with Gasteiger partial charge in [-0.15, -0.1) is 0 Å². The summed E-state index contributed by atoms with van der Waals surface area (Å²) in [7, 11) is -4.06. The predicted octanol–water partition coefficient (Wildman–Crippen LogP) is 4.54. The lowest BCUT2D eigenvalue weighted by molar-refractivity contribution is -0.141. The Balaban J connectivity index is 1.64. The van der Waals surface area contributed by atoms with Gasteiger partial charge in [-0.05, 0) is 48.7 Å². The molecule has 0 unspecified atom stereocenters. The molecule has 0 fully saturated rings. The number of benzene rings is 3. The van der Waals surface area contributed by atoms with E-state index < -0.39 is 27.9 Å². The summed E-state index contributed by atoms with van der Waals surface area (Å²) in [4.78, 5) is 41.8. The van der Waals surface area contributed by atoms with Gasteiger partial charge in [-0.1, -0.05) is 77.5 Å². The van der Waals surface area contributed by atoms with Crippen LogP contribution in [-0.2, 0) is 32.6 Å². The Labute approximate surface area is 243 Å². The average molecular weight is 627 g/mol. The number of rotatable bonds is 11. The van der Waals surface area contributed by atoms with Gasteiger partial charge in [-0.3, -0.25) is 14.4 Å². The minimum Gasteiger partial charge on any atom is -0.352 e. The number of hydrogen-bond acceptors (Lipinski definition) is 5. The third-order valence-electron chi connectivity index (χ3n) is 6.95. The van der Waals surface area contributed by atoms with Crippen molar-refractivity contribution in [3.63, 3.8) is 0 Å². The molecule has 2 atom stereocenters. The van der Waals surface area contributed by atoms with Crippen molar-refractivity contribution in [1.82, 2.24) is 14.5 Å². The van der Waals surface area contributed by atoms with Crippen LogP contribution in [0.25, 0.3) is 0 Å². The number of halogens is 1. The predicted molar refractivity (Wildman–Crippen MR) is 156 cm³/mol. The molecule has 10 heteroatoms. The van der Waals surface area contributed by atoms with Gasteiger partial charge in [0.1, 0.15) is 10.9 Å². The van der Waals surface area contributed by atoms with Gasteiger partial charge in [-0.25, -0.2) is 12.7 Å².